The fourth-order valence-corrected chi connectivity index (χ4v) is 2.60. The van der Waals surface area contributed by atoms with Crippen molar-refractivity contribution >= 4 is 16.8 Å². The van der Waals surface area contributed by atoms with Crippen LogP contribution < -0.4 is 10.1 Å². The Kier molecular flexibility index (Phi) is 5.05. The van der Waals surface area contributed by atoms with Crippen LogP contribution in [0.3, 0.4) is 0 Å². The summed E-state index contributed by atoms with van der Waals surface area (Å²) >= 11 is 0. The molecular weight excluding hydrogens is 294 g/mol. The average Bonchev–Trinajstić information content (AvgIpc) is 2.61. The Morgan fingerprint density at radius 3 is 2.91 bits per heavy atom. The van der Waals surface area contributed by atoms with Crippen molar-refractivity contribution in [2.24, 2.45) is 0 Å². The van der Waals surface area contributed by atoms with Crippen LogP contribution >= 0.6 is 0 Å². The number of nitrogens with zero attached hydrogens (tertiary/aromatic N) is 2. The van der Waals surface area contributed by atoms with Crippen molar-refractivity contribution in [3.63, 3.8) is 0 Å². The van der Waals surface area contributed by atoms with Crippen LogP contribution in [-0.2, 0) is 4.74 Å². The summed E-state index contributed by atoms with van der Waals surface area (Å²) in [6.07, 6.45) is 0. The number of benzene rings is 1. The Morgan fingerprint density at radius 2 is 2.13 bits per heavy atom. The molecule has 6 nitrogen and oxygen atoms in total. The summed E-state index contributed by atoms with van der Waals surface area (Å²) in [6.45, 7) is 4.83. The van der Waals surface area contributed by atoms with Crippen LogP contribution in [0.4, 0.5) is 0 Å². The van der Waals surface area contributed by atoms with Crippen molar-refractivity contribution in [1.82, 2.24) is 15.2 Å². The number of ether oxygens (including phenoxy) is 2. The zero-order valence-electron chi connectivity index (χ0n) is 13.2. The average molecular weight is 315 g/mol. The molecule has 1 aliphatic heterocycles. The Balaban J connectivity index is 1.59. The van der Waals surface area contributed by atoms with Gasteiger partial charge in [-0.1, -0.05) is 6.07 Å². The highest BCUT2D eigenvalue weighted by molar-refractivity contribution is 5.95. The van der Waals surface area contributed by atoms with E-state index in [1.165, 1.54) is 0 Å². The van der Waals surface area contributed by atoms with E-state index < -0.39 is 0 Å². The molecule has 1 aliphatic rings. The number of rotatable bonds is 5. The largest absolute Gasteiger partial charge is 0.497 e. The standard InChI is InChI=1S/C17H21N3O3/c1-22-14-3-5-15-13(12-14)2-4-16(19-15)17(21)18-6-7-20-8-10-23-11-9-20/h2-5,12H,6-11H2,1H3,(H,18,21). The second-order valence-corrected chi connectivity index (χ2v) is 5.47. The first-order valence-corrected chi connectivity index (χ1v) is 7.79. The number of aromatic nitrogens is 1. The lowest BCUT2D eigenvalue weighted by atomic mass is 10.2. The van der Waals surface area contributed by atoms with Crippen molar-refractivity contribution in [3.8, 4) is 5.75 Å². The molecule has 0 spiro atoms. The van der Waals surface area contributed by atoms with Crippen LogP contribution in [0.15, 0.2) is 30.3 Å². The predicted molar refractivity (Wildman–Crippen MR) is 87.9 cm³/mol. The van der Waals surface area contributed by atoms with Crippen molar-refractivity contribution in [2.45, 2.75) is 0 Å². The molecule has 1 aromatic heterocycles. The second kappa shape index (κ2) is 7.39. The van der Waals surface area contributed by atoms with E-state index in [0.29, 0.717) is 12.2 Å². The molecule has 0 radical (unpaired) electrons. The van der Waals surface area contributed by atoms with E-state index in [1.54, 1.807) is 13.2 Å². The van der Waals surface area contributed by atoms with Gasteiger partial charge in [-0.2, -0.15) is 0 Å². The van der Waals surface area contributed by atoms with Gasteiger partial charge in [-0.05, 0) is 24.3 Å². The van der Waals surface area contributed by atoms with E-state index >= 15 is 0 Å². The molecule has 1 aromatic carbocycles. The van der Waals surface area contributed by atoms with Crippen molar-refractivity contribution in [1.29, 1.82) is 0 Å². The number of nitrogens with one attached hydrogen (secondary N) is 1. The molecule has 1 amide bonds. The molecule has 23 heavy (non-hydrogen) atoms. The van der Waals surface area contributed by atoms with E-state index in [1.807, 2.05) is 24.3 Å². The smallest absolute Gasteiger partial charge is 0.269 e. The van der Waals surface area contributed by atoms with Gasteiger partial charge >= 0.3 is 0 Å². The van der Waals surface area contributed by atoms with E-state index in [2.05, 4.69) is 15.2 Å². The SMILES string of the molecule is COc1ccc2nc(C(=O)NCCN3CCOCC3)ccc2c1. The highest BCUT2D eigenvalue weighted by Crippen LogP contribution is 2.19. The second-order valence-electron chi connectivity index (χ2n) is 5.47. The summed E-state index contributed by atoms with van der Waals surface area (Å²) < 4.78 is 10.5. The maximum absolute atomic E-state index is 12.2. The van der Waals surface area contributed by atoms with Crippen LogP contribution in [0.5, 0.6) is 5.75 Å². The minimum atomic E-state index is -0.143. The van der Waals surface area contributed by atoms with Gasteiger partial charge in [0.1, 0.15) is 11.4 Å². The summed E-state index contributed by atoms with van der Waals surface area (Å²) in [5, 5.41) is 3.88. The van der Waals surface area contributed by atoms with Crippen molar-refractivity contribution < 1.29 is 14.3 Å². The summed E-state index contributed by atoms with van der Waals surface area (Å²) in [6, 6.07) is 9.24. The fraction of sp³-hybridized carbons (Fsp3) is 0.412. The highest BCUT2D eigenvalue weighted by Gasteiger charge is 2.12. The minimum absolute atomic E-state index is 0.143. The van der Waals surface area contributed by atoms with Gasteiger partial charge in [-0.25, -0.2) is 4.98 Å². The van der Waals surface area contributed by atoms with E-state index in [0.717, 1.165) is 49.5 Å². The maximum atomic E-state index is 12.2. The fourth-order valence-electron chi connectivity index (χ4n) is 2.60. The number of hydrogen-bond donors (Lipinski definition) is 1. The third-order valence-corrected chi connectivity index (χ3v) is 3.95. The molecule has 122 valence electrons. The molecular formula is C17H21N3O3. The number of carbonyl (C=O) groups is 1. The van der Waals surface area contributed by atoms with Crippen LogP contribution in [0, 0.1) is 0 Å². The summed E-state index contributed by atoms with van der Waals surface area (Å²) in [5.41, 5.74) is 1.22. The lowest BCUT2D eigenvalue weighted by Gasteiger charge is -2.26. The maximum Gasteiger partial charge on any atom is 0.269 e. The van der Waals surface area contributed by atoms with Gasteiger partial charge in [-0.3, -0.25) is 9.69 Å². The number of methoxy groups -OCH3 is 1. The third-order valence-electron chi connectivity index (χ3n) is 3.95. The van der Waals surface area contributed by atoms with Gasteiger partial charge in [0.05, 0.1) is 25.8 Å². The summed E-state index contributed by atoms with van der Waals surface area (Å²) in [7, 11) is 1.63. The molecule has 0 unspecified atom stereocenters. The van der Waals surface area contributed by atoms with Crippen LogP contribution in [0.1, 0.15) is 10.5 Å². The Labute approximate surface area is 135 Å². The van der Waals surface area contributed by atoms with Gasteiger partial charge < -0.3 is 14.8 Å². The Morgan fingerprint density at radius 1 is 1.30 bits per heavy atom. The highest BCUT2D eigenvalue weighted by atomic mass is 16.5. The monoisotopic (exact) mass is 315 g/mol. The molecule has 1 saturated heterocycles. The quantitative estimate of drug-likeness (QED) is 0.901. The number of pyridine rings is 1. The first-order valence-electron chi connectivity index (χ1n) is 7.79. The number of fused-ring (bicyclic) bond motifs is 1. The summed E-state index contributed by atoms with van der Waals surface area (Å²) in [5.74, 6) is 0.637. The van der Waals surface area contributed by atoms with E-state index in [9.17, 15) is 4.79 Å². The predicted octanol–water partition coefficient (Wildman–Crippen LogP) is 1.31. The van der Waals surface area contributed by atoms with Crippen LogP contribution in [0.2, 0.25) is 0 Å². The molecule has 2 aromatic rings. The number of carbonyl (C=O) groups excluding carboxylic acids is 1. The first-order chi connectivity index (χ1) is 11.3. The van der Waals surface area contributed by atoms with Gasteiger partial charge in [0, 0.05) is 31.6 Å². The molecule has 0 bridgehead atoms. The normalized spacial score (nSPS) is 15.5. The molecule has 0 atom stereocenters. The number of amides is 1. The number of hydrogen-bond acceptors (Lipinski definition) is 5. The molecule has 1 fully saturated rings. The summed E-state index contributed by atoms with van der Waals surface area (Å²) in [4.78, 5) is 18.9. The zero-order chi connectivity index (χ0) is 16.1. The van der Waals surface area contributed by atoms with Crippen molar-refractivity contribution in [2.75, 3.05) is 46.5 Å². The molecule has 1 N–H and O–H groups in total. The van der Waals surface area contributed by atoms with Crippen molar-refractivity contribution in [3.05, 3.63) is 36.0 Å². The topological polar surface area (TPSA) is 63.7 Å². The van der Waals surface area contributed by atoms with Gasteiger partial charge in [-0.15, -0.1) is 0 Å². The Hall–Kier alpha value is -2.18. The third kappa shape index (κ3) is 3.97. The molecule has 3 rings (SSSR count). The number of morpholine rings is 1. The van der Waals surface area contributed by atoms with Gasteiger partial charge in [0.2, 0.25) is 0 Å². The zero-order valence-corrected chi connectivity index (χ0v) is 13.2. The first kappa shape index (κ1) is 15.7. The van der Waals surface area contributed by atoms with E-state index in [4.69, 9.17) is 9.47 Å². The van der Waals surface area contributed by atoms with E-state index in [-0.39, 0.29) is 5.91 Å². The molecule has 6 heteroatoms. The minimum Gasteiger partial charge on any atom is -0.497 e. The lowest BCUT2D eigenvalue weighted by molar-refractivity contribution is 0.0383. The lowest BCUT2D eigenvalue weighted by Crippen LogP contribution is -2.41. The molecule has 2 heterocycles. The molecule has 0 aliphatic carbocycles. The molecule has 0 saturated carbocycles. The van der Waals surface area contributed by atoms with Gasteiger partial charge in [0.15, 0.2) is 0 Å². The van der Waals surface area contributed by atoms with Gasteiger partial charge in [0.25, 0.3) is 5.91 Å². The van der Waals surface area contributed by atoms with Crippen LogP contribution in [0.25, 0.3) is 10.9 Å². The van der Waals surface area contributed by atoms with Crippen LogP contribution in [-0.4, -0.2) is 62.3 Å². The Bertz CT molecular complexity index is 684.